The minimum Gasteiger partial charge on any atom is -0.497 e. The van der Waals surface area contributed by atoms with Gasteiger partial charge in [0.05, 0.1) is 26.5 Å². The molecule has 6 heteroatoms. The van der Waals surface area contributed by atoms with Crippen LogP contribution in [0.15, 0.2) is 42.5 Å². The van der Waals surface area contributed by atoms with Crippen molar-refractivity contribution in [3.63, 3.8) is 0 Å². The van der Waals surface area contributed by atoms with Crippen molar-refractivity contribution in [3.05, 3.63) is 53.7 Å². The number of methoxy groups -OCH3 is 2. The maximum Gasteiger partial charge on any atom is 0.322 e. The van der Waals surface area contributed by atoms with Crippen molar-refractivity contribution in [3.8, 4) is 11.5 Å². The molecule has 0 saturated heterocycles. The highest BCUT2D eigenvalue weighted by atomic mass is 16.5. The molecular formula is C20H21N3O3. The summed E-state index contributed by atoms with van der Waals surface area (Å²) in [6, 6.07) is 13.4. The third-order valence-corrected chi connectivity index (χ3v) is 4.82. The highest BCUT2D eigenvalue weighted by Gasteiger charge is 2.24. The SMILES string of the molecule is COc1ccc(OC)c(NC(=O)N2CCc3c([nH]c4ccccc34)C2)c1. The van der Waals surface area contributed by atoms with Crippen LogP contribution in [0.4, 0.5) is 10.5 Å². The Kier molecular flexibility index (Phi) is 4.16. The van der Waals surface area contributed by atoms with E-state index in [1.807, 2.05) is 12.1 Å². The Morgan fingerprint density at radius 2 is 2.00 bits per heavy atom. The summed E-state index contributed by atoms with van der Waals surface area (Å²) in [5.74, 6) is 1.26. The molecule has 1 aliphatic rings. The van der Waals surface area contributed by atoms with E-state index in [4.69, 9.17) is 9.47 Å². The molecule has 3 aromatic rings. The molecule has 6 nitrogen and oxygen atoms in total. The third-order valence-electron chi connectivity index (χ3n) is 4.82. The number of urea groups is 1. The van der Waals surface area contributed by atoms with Gasteiger partial charge in [0.15, 0.2) is 0 Å². The van der Waals surface area contributed by atoms with Crippen LogP contribution in [-0.2, 0) is 13.0 Å². The molecule has 0 atom stereocenters. The fourth-order valence-electron chi connectivity index (χ4n) is 3.47. The van der Waals surface area contributed by atoms with E-state index in [-0.39, 0.29) is 6.03 Å². The first kappa shape index (κ1) is 16.3. The van der Waals surface area contributed by atoms with Gasteiger partial charge in [0, 0.05) is 29.2 Å². The third kappa shape index (κ3) is 2.83. The molecule has 1 aromatic heterocycles. The van der Waals surface area contributed by atoms with Crippen LogP contribution in [0.5, 0.6) is 11.5 Å². The number of fused-ring (bicyclic) bond motifs is 3. The number of amides is 2. The lowest BCUT2D eigenvalue weighted by Gasteiger charge is -2.27. The summed E-state index contributed by atoms with van der Waals surface area (Å²) in [6.07, 6.45) is 0.835. The first-order chi connectivity index (χ1) is 12.7. The molecule has 26 heavy (non-hydrogen) atoms. The van der Waals surface area contributed by atoms with Crippen molar-refractivity contribution in [2.75, 3.05) is 26.1 Å². The van der Waals surface area contributed by atoms with Gasteiger partial charge in [-0.2, -0.15) is 0 Å². The van der Waals surface area contributed by atoms with Gasteiger partial charge in [-0.3, -0.25) is 0 Å². The number of hydrogen-bond donors (Lipinski definition) is 2. The van der Waals surface area contributed by atoms with Crippen LogP contribution in [0.25, 0.3) is 10.9 Å². The van der Waals surface area contributed by atoms with E-state index in [0.29, 0.717) is 30.3 Å². The predicted octanol–water partition coefficient (Wildman–Crippen LogP) is 3.78. The van der Waals surface area contributed by atoms with Crippen LogP contribution >= 0.6 is 0 Å². The van der Waals surface area contributed by atoms with E-state index in [9.17, 15) is 4.79 Å². The number of carbonyl (C=O) groups excluding carboxylic acids is 1. The zero-order valence-electron chi connectivity index (χ0n) is 14.8. The van der Waals surface area contributed by atoms with Crippen molar-refractivity contribution in [2.45, 2.75) is 13.0 Å². The Morgan fingerprint density at radius 3 is 2.81 bits per heavy atom. The number of nitrogens with one attached hydrogen (secondary N) is 2. The topological polar surface area (TPSA) is 66.6 Å². The summed E-state index contributed by atoms with van der Waals surface area (Å²) < 4.78 is 10.6. The number of anilines is 1. The normalized spacial score (nSPS) is 13.4. The lowest BCUT2D eigenvalue weighted by Crippen LogP contribution is -2.38. The molecule has 0 spiro atoms. The summed E-state index contributed by atoms with van der Waals surface area (Å²) >= 11 is 0. The summed E-state index contributed by atoms with van der Waals surface area (Å²) in [5.41, 5.74) is 4.13. The van der Waals surface area contributed by atoms with E-state index in [1.165, 1.54) is 10.9 Å². The van der Waals surface area contributed by atoms with E-state index >= 15 is 0 Å². The minimum atomic E-state index is -0.152. The molecule has 0 saturated carbocycles. The van der Waals surface area contributed by atoms with Crippen LogP contribution in [-0.4, -0.2) is 36.7 Å². The number of para-hydroxylation sites is 1. The Morgan fingerprint density at radius 1 is 1.15 bits per heavy atom. The summed E-state index contributed by atoms with van der Waals surface area (Å²) in [6.45, 7) is 1.23. The monoisotopic (exact) mass is 351 g/mol. The zero-order chi connectivity index (χ0) is 18.1. The average molecular weight is 351 g/mol. The van der Waals surface area contributed by atoms with Crippen LogP contribution < -0.4 is 14.8 Å². The number of hydrogen-bond acceptors (Lipinski definition) is 3. The maximum atomic E-state index is 12.8. The Hall–Kier alpha value is -3.15. The summed E-state index contributed by atoms with van der Waals surface area (Å²) in [7, 11) is 3.17. The highest BCUT2D eigenvalue weighted by Crippen LogP contribution is 2.31. The van der Waals surface area contributed by atoms with Crippen molar-refractivity contribution >= 4 is 22.6 Å². The number of aromatic nitrogens is 1. The van der Waals surface area contributed by atoms with Gasteiger partial charge < -0.3 is 24.7 Å². The maximum absolute atomic E-state index is 12.8. The number of nitrogens with zero attached hydrogens (tertiary/aromatic N) is 1. The second kappa shape index (κ2) is 6.63. The largest absolute Gasteiger partial charge is 0.497 e. The molecule has 2 aromatic carbocycles. The van der Waals surface area contributed by atoms with E-state index in [1.54, 1.807) is 37.3 Å². The fourth-order valence-corrected chi connectivity index (χ4v) is 3.47. The van der Waals surface area contributed by atoms with Crippen molar-refractivity contribution < 1.29 is 14.3 Å². The number of H-pyrrole nitrogens is 1. The molecule has 134 valence electrons. The second-order valence-corrected chi connectivity index (χ2v) is 6.30. The van der Waals surface area contributed by atoms with Gasteiger partial charge in [-0.15, -0.1) is 0 Å². The van der Waals surface area contributed by atoms with Gasteiger partial charge in [0.2, 0.25) is 0 Å². The molecule has 2 amide bonds. The number of aromatic amines is 1. The molecular weight excluding hydrogens is 330 g/mol. The highest BCUT2D eigenvalue weighted by molar-refractivity contribution is 5.92. The van der Waals surface area contributed by atoms with Gasteiger partial charge in [-0.05, 0) is 30.2 Å². The molecule has 0 bridgehead atoms. The van der Waals surface area contributed by atoms with Crippen molar-refractivity contribution in [1.82, 2.24) is 9.88 Å². The molecule has 0 fully saturated rings. The van der Waals surface area contributed by atoms with Gasteiger partial charge in [0.25, 0.3) is 0 Å². The molecule has 0 unspecified atom stereocenters. The lowest BCUT2D eigenvalue weighted by atomic mass is 10.0. The number of rotatable bonds is 3. The molecule has 0 radical (unpaired) electrons. The van der Waals surface area contributed by atoms with E-state index < -0.39 is 0 Å². The molecule has 2 heterocycles. The first-order valence-corrected chi connectivity index (χ1v) is 8.56. The summed E-state index contributed by atoms with van der Waals surface area (Å²) in [4.78, 5) is 18.0. The van der Waals surface area contributed by atoms with Crippen molar-refractivity contribution in [1.29, 1.82) is 0 Å². The van der Waals surface area contributed by atoms with Crippen molar-refractivity contribution in [2.24, 2.45) is 0 Å². The number of ether oxygens (including phenoxy) is 2. The van der Waals surface area contributed by atoms with Gasteiger partial charge in [-0.25, -0.2) is 4.79 Å². The number of benzene rings is 2. The molecule has 2 N–H and O–H groups in total. The molecule has 0 aliphatic carbocycles. The Balaban J connectivity index is 1.55. The van der Waals surface area contributed by atoms with Crippen LogP contribution in [0, 0.1) is 0 Å². The van der Waals surface area contributed by atoms with E-state index in [0.717, 1.165) is 17.6 Å². The van der Waals surface area contributed by atoms with Gasteiger partial charge in [0.1, 0.15) is 11.5 Å². The Bertz CT molecular complexity index is 964. The summed E-state index contributed by atoms with van der Waals surface area (Å²) in [5, 5.41) is 4.19. The standard InChI is InChI=1S/C20H21N3O3/c1-25-13-7-8-19(26-2)17(11-13)22-20(24)23-10-9-15-14-5-3-4-6-16(14)21-18(15)12-23/h3-8,11,21H,9-10,12H2,1-2H3,(H,22,24). The minimum absolute atomic E-state index is 0.152. The Labute approximate surface area is 151 Å². The van der Waals surface area contributed by atoms with Crippen LogP contribution in [0.3, 0.4) is 0 Å². The molecule has 1 aliphatic heterocycles. The molecule has 4 rings (SSSR count). The zero-order valence-corrected chi connectivity index (χ0v) is 14.8. The van der Waals surface area contributed by atoms with Gasteiger partial charge in [-0.1, -0.05) is 18.2 Å². The lowest BCUT2D eigenvalue weighted by molar-refractivity contribution is 0.205. The smallest absolute Gasteiger partial charge is 0.322 e. The second-order valence-electron chi connectivity index (χ2n) is 6.30. The average Bonchev–Trinajstić information content (AvgIpc) is 3.05. The van der Waals surface area contributed by atoms with Crippen LogP contribution in [0.2, 0.25) is 0 Å². The van der Waals surface area contributed by atoms with Gasteiger partial charge >= 0.3 is 6.03 Å². The quantitative estimate of drug-likeness (QED) is 0.755. The number of carbonyl (C=O) groups is 1. The fraction of sp³-hybridized carbons (Fsp3) is 0.250. The predicted molar refractivity (Wildman–Crippen MR) is 101 cm³/mol. The van der Waals surface area contributed by atoms with Crippen LogP contribution in [0.1, 0.15) is 11.3 Å². The van der Waals surface area contributed by atoms with E-state index in [2.05, 4.69) is 22.4 Å². The first-order valence-electron chi connectivity index (χ1n) is 8.56.